The molecule has 1 amide bonds. The van der Waals surface area contributed by atoms with Crippen LogP contribution in [0.3, 0.4) is 0 Å². The fraction of sp³-hybridized carbons (Fsp3) is 0.632. The highest BCUT2D eigenvalue weighted by atomic mass is 16.2. The van der Waals surface area contributed by atoms with Crippen molar-refractivity contribution in [1.29, 1.82) is 0 Å². The minimum absolute atomic E-state index is 0.0394. The van der Waals surface area contributed by atoms with Gasteiger partial charge in [0.25, 0.3) is 0 Å². The van der Waals surface area contributed by atoms with Crippen LogP contribution in [0.4, 0.5) is 5.69 Å². The molecule has 3 atom stereocenters. The maximum absolute atomic E-state index is 12.6. The summed E-state index contributed by atoms with van der Waals surface area (Å²) in [5.41, 5.74) is 2.06. The molecule has 120 valence electrons. The van der Waals surface area contributed by atoms with E-state index in [4.69, 9.17) is 0 Å². The molecule has 1 heterocycles. The molecule has 1 aromatic carbocycles. The van der Waals surface area contributed by atoms with Gasteiger partial charge in [-0.25, -0.2) is 0 Å². The molecule has 2 fully saturated rings. The van der Waals surface area contributed by atoms with E-state index >= 15 is 0 Å². The number of carbonyl (C=O) groups excluding carboxylic acids is 1. The zero-order valence-corrected chi connectivity index (χ0v) is 13.8. The van der Waals surface area contributed by atoms with Gasteiger partial charge in [-0.05, 0) is 56.7 Å². The second-order valence-electron chi connectivity index (χ2n) is 7.07. The van der Waals surface area contributed by atoms with E-state index in [2.05, 4.69) is 17.1 Å². The summed E-state index contributed by atoms with van der Waals surface area (Å²) in [6, 6.07) is 7.95. The van der Waals surface area contributed by atoms with E-state index in [9.17, 15) is 4.79 Å². The van der Waals surface area contributed by atoms with Gasteiger partial charge in [0.05, 0.1) is 6.04 Å². The largest absolute Gasteiger partial charge is 0.324 e. The highest BCUT2D eigenvalue weighted by Gasteiger charge is 2.34. The van der Waals surface area contributed by atoms with E-state index in [1.807, 2.05) is 31.2 Å². The van der Waals surface area contributed by atoms with Gasteiger partial charge >= 0.3 is 0 Å². The fourth-order valence-electron chi connectivity index (χ4n) is 4.10. The van der Waals surface area contributed by atoms with Crippen molar-refractivity contribution in [2.45, 2.75) is 52.0 Å². The summed E-state index contributed by atoms with van der Waals surface area (Å²) in [6.45, 7) is 6.26. The summed E-state index contributed by atoms with van der Waals surface area (Å²) in [4.78, 5) is 15.0. The van der Waals surface area contributed by atoms with Crippen molar-refractivity contribution in [3.63, 3.8) is 0 Å². The summed E-state index contributed by atoms with van der Waals surface area (Å²) in [6.07, 6.45) is 6.81. The first-order chi connectivity index (χ1) is 10.6. The third kappa shape index (κ3) is 3.35. The maximum atomic E-state index is 12.6. The molecule has 0 spiro atoms. The fourth-order valence-corrected chi connectivity index (χ4v) is 4.10. The first-order valence-electron chi connectivity index (χ1n) is 8.75. The predicted octanol–water partition coefficient (Wildman–Crippen LogP) is 3.83. The first-order valence-corrected chi connectivity index (χ1v) is 8.75. The number of benzene rings is 1. The van der Waals surface area contributed by atoms with Crippen molar-refractivity contribution in [3.8, 4) is 0 Å². The number of nitrogens with one attached hydrogen (secondary N) is 1. The van der Waals surface area contributed by atoms with Crippen molar-refractivity contribution < 1.29 is 4.79 Å². The monoisotopic (exact) mass is 300 g/mol. The smallest absolute Gasteiger partial charge is 0.241 e. The van der Waals surface area contributed by atoms with Crippen molar-refractivity contribution in [3.05, 3.63) is 29.8 Å². The van der Waals surface area contributed by atoms with Gasteiger partial charge in [-0.1, -0.05) is 37.5 Å². The Labute approximate surface area is 134 Å². The van der Waals surface area contributed by atoms with E-state index in [1.165, 1.54) is 32.1 Å². The van der Waals surface area contributed by atoms with Gasteiger partial charge in [0, 0.05) is 12.2 Å². The lowest BCUT2D eigenvalue weighted by Crippen LogP contribution is -2.50. The third-order valence-electron chi connectivity index (χ3n) is 5.65. The normalized spacial score (nSPS) is 27.0. The van der Waals surface area contributed by atoms with Crippen LogP contribution in [0.2, 0.25) is 0 Å². The van der Waals surface area contributed by atoms with Gasteiger partial charge in [-0.2, -0.15) is 0 Å². The van der Waals surface area contributed by atoms with Crippen molar-refractivity contribution in [2.24, 2.45) is 11.8 Å². The second-order valence-corrected chi connectivity index (χ2v) is 7.07. The van der Waals surface area contributed by atoms with Crippen LogP contribution in [0.25, 0.3) is 0 Å². The van der Waals surface area contributed by atoms with Crippen molar-refractivity contribution in [2.75, 3.05) is 18.4 Å². The highest BCUT2D eigenvalue weighted by Crippen LogP contribution is 2.36. The van der Waals surface area contributed by atoms with E-state index in [1.54, 1.807) is 0 Å². The molecule has 22 heavy (non-hydrogen) atoms. The molecule has 3 nitrogen and oxygen atoms in total. The van der Waals surface area contributed by atoms with Crippen LogP contribution >= 0.6 is 0 Å². The zero-order chi connectivity index (χ0) is 15.5. The number of carbonyl (C=O) groups is 1. The van der Waals surface area contributed by atoms with Crippen LogP contribution in [0.5, 0.6) is 0 Å². The minimum Gasteiger partial charge on any atom is -0.324 e. The third-order valence-corrected chi connectivity index (χ3v) is 5.65. The van der Waals surface area contributed by atoms with Crippen LogP contribution in [0, 0.1) is 18.8 Å². The molecule has 0 radical (unpaired) electrons. The number of anilines is 1. The van der Waals surface area contributed by atoms with Gasteiger partial charge in [0.2, 0.25) is 5.91 Å². The average molecular weight is 300 g/mol. The Kier molecular flexibility index (Phi) is 4.82. The van der Waals surface area contributed by atoms with Crippen LogP contribution in [0.1, 0.15) is 44.6 Å². The Bertz CT molecular complexity index is 528. The van der Waals surface area contributed by atoms with Crippen LogP contribution in [0.15, 0.2) is 24.3 Å². The Morgan fingerprint density at radius 3 is 2.68 bits per heavy atom. The molecule has 3 rings (SSSR count). The zero-order valence-electron chi connectivity index (χ0n) is 13.8. The number of amides is 1. The molecular weight excluding hydrogens is 272 g/mol. The molecular formula is C19H28N2O. The van der Waals surface area contributed by atoms with E-state index in [0.29, 0.717) is 0 Å². The van der Waals surface area contributed by atoms with Gasteiger partial charge in [-0.3, -0.25) is 9.69 Å². The maximum Gasteiger partial charge on any atom is 0.241 e. The number of hydrogen-bond acceptors (Lipinski definition) is 2. The summed E-state index contributed by atoms with van der Waals surface area (Å²) in [5, 5.41) is 3.10. The first kappa shape index (κ1) is 15.5. The number of fused-ring (bicyclic) bond motifs is 1. The van der Waals surface area contributed by atoms with Crippen LogP contribution < -0.4 is 5.32 Å². The van der Waals surface area contributed by atoms with E-state index in [-0.39, 0.29) is 11.9 Å². The number of nitrogens with zero attached hydrogens (tertiary/aromatic N) is 1. The van der Waals surface area contributed by atoms with Crippen LogP contribution in [-0.4, -0.2) is 29.9 Å². The number of para-hydroxylation sites is 1. The lowest BCUT2D eigenvalue weighted by molar-refractivity contribution is -0.122. The Morgan fingerprint density at radius 2 is 1.91 bits per heavy atom. The van der Waals surface area contributed by atoms with E-state index < -0.39 is 0 Å². The number of aryl methyl sites for hydroxylation is 1. The molecule has 3 unspecified atom stereocenters. The molecule has 1 saturated carbocycles. The van der Waals surface area contributed by atoms with Gasteiger partial charge in [-0.15, -0.1) is 0 Å². The lowest BCUT2D eigenvalue weighted by atomic mass is 9.75. The highest BCUT2D eigenvalue weighted by molar-refractivity contribution is 5.95. The lowest BCUT2D eigenvalue weighted by Gasteiger charge is -2.43. The molecule has 0 bridgehead atoms. The van der Waals surface area contributed by atoms with Gasteiger partial charge in [0.15, 0.2) is 0 Å². The Morgan fingerprint density at radius 1 is 1.18 bits per heavy atom. The summed E-state index contributed by atoms with van der Waals surface area (Å²) < 4.78 is 0. The number of piperidine rings is 1. The average Bonchev–Trinajstić information content (AvgIpc) is 2.55. The molecule has 2 aliphatic rings. The summed E-state index contributed by atoms with van der Waals surface area (Å²) >= 11 is 0. The number of likely N-dealkylation sites (tertiary alicyclic amines) is 1. The quantitative estimate of drug-likeness (QED) is 0.920. The molecule has 1 N–H and O–H groups in total. The van der Waals surface area contributed by atoms with Crippen LogP contribution in [-0.2, 0) is 4.79 Å². The summed E-state index contributed by atoms with van der Waals surface area (Å²) in [5.74, 6) is 1.86. The van der Waals surface area contributed by atoms with Crippen molar-refractivity contribution >= 4 is 11.6 Å². The molecule has 1 aliphatic carbocycles. The standard InChI is InChI=1S/C19H28N2O/c1-14-7-3-6-10-18(14)20-19(22)15(2)21-12-11-16-8-4-5-9-17(16)13-21/h3,6-7,10,15-17H,4-5,8-9,11-13H2,1-2H3,(H,20,22). The molecule has 3 heteroatoms. The second kappa shape index (κ2) is 6.82. The molecule has 1 aliphatic heterocycles. The predicted molar refractivity (Wildman–Crippen MR) is 90.9 cm³/mol. The van der Waals surface area contributed by atoms with Gasteiger partial charge < -0.3 is 5.32 Å². The Hall–Kier alpha value is -1.35. The molecule has 1 aromatic rings. The van der Waals surface area contributed by atoms with E-state index in [0.717, 1.165) is 36.2 Å². The number of rotatable bonds is 3. The Balaban J connectivity index is 1.60. The van der Waals surface area contributed by atoms with Gasteiger partial charge in [0.1, 0.15) is 0 Å². The summed E-state index contributed by atoms with van der Waals surface area (Å²) in [7, 11) is 0. The molecule has 1 saturated heterocycles. The molecule has 0 aromatic heterocycles. The number of hydrogen-bond donors (Lipinski definition) is 1. The van der Waals surface area contributed by atoms with Crippen molar-refractivity contribution in [1.82, 2.24) is 4.90 Å². The topological polar surface area (TPSA) is 32.3 Å². The minimum atomic E-state index is -0.0394. The SMILES string of the molecule is Cc1ccccc1NC(=O)C(C)N1CCC2CCCCC2C1.